The molecular formula is C12H7ClFNO4. The van der Waals surface area contributed by atoms with E-state index in [1.165, 1.54) is 18.2 Å². The number of carbonyl (C=O) groups is 2. The zero-order valence-corrected chi connectivity index (χ0v) is 10.1. The monoisotopic (exact) mass is 283 g/mol. The number of carboxylic acids is 1. The van der Waals surface area contributed by atoms with Gasteiger partial charge >= 0.3 is 5.97 Å². The van der Waals surface area contributed by atoms with Crippen molar-refractivity contribution >= 4 is 29.2 Å². The first-order valence-electron chi connectivity index (χ1n) is 5.07. The van der Waals surface area contributed by atoms with Gasteiger partial charge in [-0.1, -0.05) is 11.6 Å². The van der Waals surface area contributed by atoms with Crippen LogP contribution in [-0.2, 0) is 0 Å². The van der Waals surface area contributed by atoms with Gasteiger partial charge in [0.15, 0.2) is 5.76 Å². The molecule has 5 nitrogen and oxygen atoms in total. The van der Waals surface area contributed by atoms with E-state index in [9.17, 15) is 14.0 Å². The number of aromatic carboxylic acids is 1. The summed E-state index contributed by atoms with van der Waals surface area (Å²) >= 11 is 5.56. The Labute approximate surface area is 111 Å². The smallest absolute Gasteiger partial charge is 0.371 e. The molecule has 1 heterocycles. The van der Waals surface area contributed by atoms with Crippen LogP contribution in [0, 0.1) is 5.82 Å². The van der Waals surface area contributed by atoms with Crippen molar-refractivity contribution in [2.45, 2.75) is 0 Å². The third-order valence-electron chi connectivity index (χ3n) is 2.22. The molecule has 0 aliphatic carbocycles. The van der Waals surface area contributed by atoms with E-state index in [-0.39, 0.29) is 22.2 Å². The van der Waals surface area contributed by atoms with Crippen molar-refractivity contribution in [1.29, 1.82) is 0 Å². The molecule has 0 fully saturated rings. The first-order chi connectivity index (χ1) is 8.97. The van der Waals surface area contributed by atoms with Crippen LogP contribution < -0.4 is 5.32 Å². The van der Waals surface area contributed by atoms with Gasteiger partial charge in [0.1, 0.15) is 5.82 Å². The Bertz CT molecular complexity index is 653. The number of carboxylic acid groups (broad SMARTS) is 1. The lowest BCUT2D eigenvalue weighted by atomic mass is 10.3. The van der Waals surface area contributed by atoms with Crippen molar-refractivity contribution < 1.29 is 23.5 Å². The van der Waals surface area contributed by atoms with Gasteiger partial charge in [-0.15, -0.1) is 0 Å². The second kappa shape index (κ2) is 5.11. The average molecular weight is 284 g/mol. The molecule has 2 N–H and O–H groups in total. The molecule has 1 aromatic heterocycles. The molecule has 7 heteroatoms. The Hall–Kier alpha value is -2.34. The average Bonchev–Trinajstić information content (AvgIpc) is 2.83. The van der Waals surface area contributed by atoms with Crippen molar-refractivity contribution in [1.82, 2.24) is 0 Å². The zero-order chi connectivity index (χ0) is 14.0. The van der Waals surface area contributed by atoms with Crippen LogP contribution in [0.3, 0.4) is 0 Å². The van der Waals surface area contributed by atoms with Crippen LogP contribution in [0.4, 0.5) is 10.1 Å². The van der Waals surface area contributed by atoms with Crippen LogP contribution >= 0.6 is 11.6 Å². The van der Waals surface area contributed by atoms with Gasteiger partial charge in [0.05, 0.1) is 5.02 Å². The van der Waals surface area contributed by atoms with Gasteiger partial charge in [-0.05, 0) is 30.3 Å². The topological polar surface area (TPSA) is 79.5 Å². The van der Waals surface area contributed by atoms with Crippen LogP contribution in [-0.4, -0.2) is 17.0 Å². The number of anilines is 1. The van der Waals surface area contributed by atoms with E-state index in [1.54, 1.807) is 0 Å². The molecule has 0 saturated heterocycles. The zero-order valence-electron chi connectivity index (χ0n) is 9.31. The summed E-state index contributed by atoms with van der Waals surface area (Å²) in [7, 11) is 0. The molecular weight excluding hydrogens is 277 g/mol. The van der Waals surface area contributed by atoms with E-state index < -0.39 is 17.7 Å². The lowest BCUT2D eigenvalue weighted by Crippen LogP contribution is -2.11. The lowest BCUT2D eigenvalue weighted by Gasteiger charge is -2.03. The van der Waals surface area contributed by atoms with Crippen molar-refractivity contribution in [3.05, 3.63) is 52.7 Å². The molecule has 98 valence electrons. The van der Waals surface area contributed by atoms with Gasteiger partial charge in [0, 0.05) is 5.69 Å². The Kier molecular flexibility index (Phi) is 3.52. The van der Waals surface area contributed by atoms with Gasteiger partial charge in [-0.25, -0.2) is 9.18 Å². The SMILES string of the molecule is O=C(O)c1ccc(C(=O)Nc2ccc(F)c(Cl)c2)o1. The van der Waals surface area contributed by atoms with E-state index in [4.69, 9.17) is 21.1 Å². The molecule has 0 aliphatic rings. The van der Waals surface area contributed by atoms with Crippen LogP contribution in [0.2, 0.25) is 5.02 Å². The Morgan fingerprint density at radius 2 is 1.89 bits per heavy atom. The molecule has 0 radical (unpaired) electrons. The first kappa shape index (κ1) is 13.1. The van der Waals surface area contributed by atoms with Gasteiger partial charge in [-0.2, -0.15) is 0 Å². The third-order valence-corrected chi connectivity index (χ3v) is 2.51. The number of benzene rings is 1. The first-order valence-corrected chi connectivity index (χ1v) is 5.44. The fourth-order valence-electron chi connectivity index (χ4n) is 1.34. The number of halogens is 2. The number of amides is 1. The summed E-state index contributed by atoms with van der Waals surface area (Å²) in [6.45, 7) is 0. The van der Waals surface area contributed by atoms with Gasteiger partial charge in [-0.3, -0.25) is 4.79 Å². The highest BCUT2D eigenvalue weighted by Gasteiger charge is 2.15. The lowest BCUT2D eigenvalue weighted by molar-refractivity contribution is 0.0660. The van der Waals surface area contributed by atoms with E-state index in [2.05, 4.69) is 5.32 Å². The fourth-order valence-corrected chi connectivity index (χ4v) is 1.52. The number of furan rings is 1. The van der Waals surface area contributed by atoms with E-state index in [0.29, 0.717) is 0 Å². The molecule has 19 heavy (non-hydrogen) atoms. The second-order valence-corrected chi connectivity index (χ2v) is 3.96. The number of rotatable bonds is 3. The molecule has 0 atom stereocenters. The Morgan fingerprint density at radius 3 is 2.47 bits per heavy atom. The van der Waals surface area contributed by atoms with Gasteiger partial charge < -0.3 is 14.8 Å². The minimum Gasteiger partial charge on any atom is -0.475 e. The number of carbonyl (C=O) groups excluding carboxylic acids is 1. The summed E-state index contributed by atoms with van der Waals surface area (Å²) in [5.41, 5.74) is 0.268. The highest BCUT2D eigenvalue weighted by atomic mass is 35.5. The number of hydrogen-bond donors (Lipinski definition) is 2. The van der Waals surface area contributed by atoms with Crippen molar-refractivity contribution in [3.63, 3.8) is 0 Å². The molecule has 2 aromatic rings. The minimum absolute atomic E-state index is 0.136. The largest absolute Gasteiger partial charge is 0.475 e. The van der Waals surface area contributed by atoms with Crippen LogP contribution in [0.5, 0.6) is 0 Å². The molecule has 1 amide bonds. The number of hydrogen-bond acceptors (Lipinski definition) is 3. The van der Waals surface area contributed by atoms with Gasteiger partial charge in [0.2, 0.25) is 5.76 Å². The van der Waals surface area contributed by atoms with Crippen LogP contribution in [0.15, 0.2) is 34.7 Å². The van der Waals surface area contributed by atoms with Crippen molar-refractivity contribution in [3.8, 4) is 0 Å². The third kappa shape index (κ3) is 2.92. The summed E-state index contributed by atoms with van der Waals surface area (Å²) in [6, 6.07) is 6.04. The predicted molar refractivity (Wildman–Crippen MR) is 65.0 cm³/mol. The Morgan fingerprint density at radius 1 is 1.21 bits per heavy atom. The van der Waals surface area contributed by atoms with E-state index in [0.717, 1.165) is 12.1 Å². The van der Waals surface area contributed by atoms with E-state index in [1.807, 2.05) is 0 Å². The van der Waals surface area contributed by atoms with Crippen LogP contribution in [0.25, 0.3) is 0 Å². The van der Waals surface area contributed by atoms with Gasteiger partial charge in [0.25, 0.3) is 5.91 Å². The summed E-state index contributed by atoms with van der Waals surface area (Å²) in [4.78, 5) is 22.3. The fraction of sp³-hybridized carbons (Fsp3) is 0. The predicted octanol–water partition coefficient (Wildman–Crippen LogP) is 3.02. The minimum atomic E-state index is -1.27. The van der Waals surface area contributed by atoms with Crippen LogP contribution in [0.1, 0.15) is 21.1 Å². The summed E-state index contributed by atoms with van der Waals surface area (Å²) in [5, 5.41) is 10.9. The molecule has 2 rings (SSSR count). The summed E-state index contributed by atoms with van der Waals surface area (Å²) < 4.78 is 17.7. The maximum absolute atomic E-state index is 12.9. The second-order valence-electron chi connectivity index (χ2n) is 3.55. The highest BCUT2D eigenvalue weighted by molar-refractivity contribution is 6.31. The molecule has 0 spiro atoms. The normalized spacial score (nSPS) is 10.2. The quantitative estimate of drug-likeness (QED) is 0.907. The highest BCUT2D eigenvalue weighted by Crippen LogP contribution is 2.20. The molecule has 0 aliphatic heterocycles. The molecule has 0 bridgehead atoms. The maximum atomic E-state index is 12.9. The van der Waals surface area contributed by atoms with Crippen molar-refractivity contribution in [2.24, 2.45) is 0 Å². The number of nitrogens with one attached hydrogen (secondary N) is 1. The van der Waals surface area contributed by atoms with Crippen molar-refractivity contribution in [2.75, 3.05) is 5.32 Å². The molecule has 1 aromatic carbocycles. The molecule has 0 saturated carbocycles. The Balaban J connectivity index is 2.15. The molecule has 0 unspecified atom stereocenters. The summed E-state index contributed by atoms with van der Waals surface area (Å²) in [5.74, 6) is -3.05. The standard InChI is InChI=1S/C12H7ClFNO4/c13-7-5-6(1-2-8(7)14)15-11(16)9-3-4-10(19-9)12(17)18/h1-5H,(H,15,16)(H,17,18). The summed E-state index contributed by atoms with van der Waals surface area (Å²) in [6.07, 6.45) is 0. The van der Waals surface area contributed by atoms with E-state index >= 15 is 0 Å². The maximum Gasteiger partial charge on any atom is 0.371 e.